The molecule has 0 amide bonds. The molecule has 0 spiro atoms. The third-order valence-electron chi connectivity index (χ3n) is 2.68. The molecule has 0 saturated heterocycles. The quantitative estimate of drug-likeness (QED) is 0.666. The maximum atomic E-state index is 2.21. The molecule has 0 saturated carbocycles. The number of rotatable bonds is 2. The second-order valence-electron chi connectivity index (χ2n) is 3.74. The summed E-state index contributed by atoms with van der Waals surface area (Å²) < 4.78 is 0. The molecule has 15 heavy (non-hydrogen) atoms. The van der Waals surface area contributed by atoms with E-state index in [1.54, 1.807) is 0 Å². The van der Waals surface area contributed by atoms with Gasteiger partial charge in [-0.1, -0.05) is 61.6 Å². The smallest absolute Gasteiger partial charge is 0.0163 e. The average molecular weight is 196 g/mol. The van der Waals surface area contributed by atoms with Crippen LogP contribution in [0.4, 0.5) is 0 Å². The first-order valence-corrected chi connectivity index (χ1v) is 5.53. The molecule has 0 aliphatic heterocycles. The first-order chi connectivity index (χ1) is 7.40. The van der Waals surface area contributed by atoms with Gasteiger partial charge in [0.05, 0.1) is 0 Å². The number of hydrogen-bond acceptors (Lipinski definition) is 0. The van der Waals surface area contributed by atoms with Crippen molar-refractivity contribution in [2.24, 2.45) is 0 Å². The Bertz CT molecular complexity index is 402. The van der Waals surface area contributed by atoms with Crippen LogP contribution in [0.1, 0.15) is 24.5 Å². The van der Waals surface area contributed by atoms with Crippen molar-refractivity contribution >= 4 is 5.57 Å². The van der Waals surface area contributed by atoms with Crippen LogP contribution in [-0.2, 0) is 6.42 Å². The molecule has 0 nitrogen and oxygen atoms in total. The zero-order valence-electron chi connectivity index (χ0n) is 9.11. The molecule has 1 aliphatic rings. The van der Waals surface area contributed by atoms with Crippen LogP contribution < -0.4 is 0 Å². The van der Waals surface area contributed by atoms with E-state index in [9.17, 15) is 0 Å². The van der Waals surface area contributed by atoms with E-state index in [2.05, 4.69) is 61.6 Å². The minimum absolute atomic E-state index is 1.03. The Kier molecular flexibility index (Phi) is 3.18. The Morgan fingerprint density at radius 2 is 1.87 bits per heavy atom. The predicted octanol–water partition coefficient (Wildman–Crippen LogP) is 4.15. The molecular formula is C15H16. The third kappa shape index (κ3) is 2.47. The van der Waals surface area contributed by atoms with Crippen LogP contribution in [0.5, 0.6) is 0 Å². The van der Waals surface area contributed by atoms with Gasteiger partial charge in [0, 0.05) is 0 Å². The fourth-order valence-electron chi connectivity index (χ4n) is 1.70. The topological polar surface area (TPSA) is 0 Å². The number of aryl methyl sites for hydroxylation is 1. The fourth-order valence-corrected chi connectivity index (χ4v) is 1.70. The highest BCUT2D eigenvalue weighted by Gasteiger charge is 1.98. The van der Waals surface area contributed by atoms with Crippen molar-refractivity contribution in [3.05, 3.63) is 65.8 Å². The van der Waals surface area contributed by atoms with E-state index in [1.807, 2.05) is 0 Å². The summed E-state index contributed by atoms with van der Waals surface area (Å²) >= 11 is 0. The van der Waals surface area contributed by atoms with E-state index < -0.39 is 0 Å². The molecule has 0 unspecified atom stereocenters. The van der Waals surface area contributed by atoms with E-state index >= 15 is 0 Å². The minimum Gasteiger partial charge on any atom is -0.0807 e. The molecule has 1 aromatic carbocycles. The van der Waals surface area contributed by atoms with Gasteiger partial charge < -0.3 is 0 Å². The first kappa shape index (κ1) is 9.97. The van der Waals surface area contributed by atoms with Crippen molar-refractivity contribution in [3.63, 3.8) is 0 Å². The van der Waals surface area contributed by atoms with Crippen LogP contribution in [0.15, 0.2) is 54.6 Å². The highest BCUT2D eigenvalue weighted by atomic mass is 14.0. The lowest BCUT2D eigenvalue weighted by atomic mass is 10.0. The fraction of sp³-hybridized carbons (Fsp3) is 0.200. The standard InChI is InChI=1S/C15H16/c1-2-13-9-11-15(12-10-13)14-7-5-3-4-6-8-14/h3,5-12H,2,4H2,1H3. The molecule has 0 atom stereocenters. The highest BCUT2D eigenvalue weighted by molar-refractivity contribution is 5.75. The SMILES string of the molecule is CCc1ccc(C2=CC=CCC=C2)cc1. The van der Waals surface area contributed by atoms with Gasteiger partial charge in [-0.3, -0.25) is 0 Å². The largest absolute Gasteiger partial charge is 0.0807 e. The summed E-state index contributed by atoms with van der Waals surface area (Å²) in [6, 6.07) is 8.82. The highest BCUT2D eigenvalue weighted by Crippen LogP contribution is 2.19. The summed E-state index contributed by atoms with van der Waals surface area (Å²) in [5.74, 6) is 0. The van der Waals surface area contributed by atoms with Gasteiger partial charge in [-0.2, -0.15) is 0 Å². The van der Waals surface area contributed by atoms with Crippen molar-refractivity contribution in [2.45, 2.75) is 19.8 Å². The van der Waals surface area contributed by atoms with Crippen LogP contribution in [0.3, 0.4) is 0 Å². The van der Waals surface area contributed by atoms with Gasteiger partial charge in [0.2, 0.25) is 0 Å². The normalized spacial score (nSPS) is 14.9. The minimum atomic E-state index is 1.03. The molecular weight excluding hydrogens is 180 g/mol. The van der Waals surface area contributed by atoms with Gasteiger partial charge in [-0.25, -0.2) is 0 Å². The van der Waals surface area contributed by atoms with Crippen LogP contribution in [0, 0.1) is 0 Å². The predicted molar refractivity (Wildman–Crippen MR) is 66.7 cm³/mol. The van der Waals surface area contributed by atoms with Crippen LogP contribution >= 0.6 is 0 Å². The molecule has 1 aromatic rings. The van der Waals surface area contributed by atoms with Gasteiger partial charge in [0.25, 0.3) is 0 Å². The van der Waals surface area contributed by atoms with Gasteiger partial charge in [-0.15, -0.1) is 0 Å². The Labute approximate surface area is 91.6 Å². The van der Waals surface area contributed by atoms with Crippen LogP contribution in [0.25, 0.3) is 5.57 Å². The molecule has 0 bridgehead atoms. The molecule has 0 heterocycles. The number of benzene rings is 1. The Morgan fingerprint density at radius 1 is 1.07 bits per heavy atom. The molecule has 0 heteroatoms. The molecule has 2 rings (SSSR count). The Balaban J connectivity index is 2.29. The maximum Gasteiger partial charge on any atom is -0.0163 e. The van der Waals surface area contributed by atoms with Crippen molar-refractivity contribution in [2.75, 3.05) is 0 Å². The summed E-state index contributed by atoms with van der Waals surface area (Å²) in [5.41, 5.74) is 3.99. The van der Waals surface area contributed by atoms with E-state index in [1.165, 1.54) is 16.7 Å². The maximum absolute atomic E-state index is 2.21. The van der Waals surface area contributed by atoms with E-state index in [0.29, 0.717) is 0 Å². The number of hydrogen-bond donors (Lipinski definition) is 0. The first-order valence-electron chi connectivity index (χ1n) is 5.53. The van der Waals surface area contributed by atoms with Crippen molar-refractivity contribution in [1.82, 2.24) is 0 Å². The molecule has 0 aromatic heterocycles. The Morgan fingerprint density at radius 3 is 2.60 bits per heavy atom. The zero-order valence-corrected chi connectivity index (χ0v) is 9.11. The lowest BCUT2D eigenvalue weighted by Gasteiger charge is -2.02. The van der Waals surface area contributed by atoms with Gasteiger partial charge in [0.1, 0.15) is 0 Å². The summed E-state index contributed by atoms with van der Waals surface area (Å²) in [6.07, 6.45) is 13.0. The van der Waals surface area contributed by atoms with Gasteiger partial charge >= 0.3 is 0 Å². The van der Waals surface area contributed by atoms with E-state index in [4.69, 9.17) is 0 Å². The number of allylic oxidation sites excluding steroid dienone is 6. The summed E-state index contributed by atoms with van der Waals surface area (Å²) in [6.45, 7) is 2.18. The average Bonchev–Trinajstić information content (AvgIpc) is 2.58. The van der Waals surface area contributed by atoms with Crippen molar-refractivity contribution in [3.8, 4) is 0 Å². The Hall–Kier alpha value is -1.56. The molecule has 0 fully saturated rings. The van der Waals surface area contributed by atoms with E-state index in [0.717, 1.165) is 12.8 Å². The molecule has 1 aliphatic carbocycles. The lowest BCUT2D eigenvalue weighted by Crippen LogP contribution is -1.83. The third-order valence-corrected chi connectivity index (χ3v) is 2.68. The van der Waals surface area contributed by atoms with Crippen molar-refractivity contribution in [1.29, 1.82) is 0 Å². The summed E-state index contributed by atoms with van der Waals surface area (Å²) in [5, 5.41) is 0. The van der Waals surface area contributed by atoms with Gasteiger partial charge in [-0.05, 0) is 29.5 Å². The zero-order chi connectivity index (χ0) is 10.5. The second-order valence-corrected chi connectivity index (χ2v) is 3.74. The molecule has 0 N–H and O–H groups in total. The second kappa shape index (κ2) is 4.79. The molecule has 0 radical (unpaired) electrons. The summed E-state index contributed by atoms with van der Waals surface area (Å²) in [7, 11) is 0. The van der Waals surface area contributed by atoms with Crippen LogP contribution in [-0.4, -0.2) is 0 Å². The van der Waals surface area contributed by atoms with Crippen molar-refractivity contribution < 1.29 is 0 Å². The summed E-state index contributed by atoms with van der Waals surface area (Å²) in [4.78, 5) is 0. The monoisotopic (exact) mass is 196 g/mol. The van der Waals surface area contributed by atoms with E-state index in [-0.39, 0.29) is 0 Å². The lowest BCUT2D eigenvalue weighted by molar-refractivity contribution is 1.14. The molecule has 76 valence electrons. The van der Waals surface area contributed by atoms with Crippen LogP contribution in [0.2, 0.25) is 0 Å². The van der Waals surface area contributed by atoms with Gasteiger partial charge in [0.15, 0.2) is 0 Å².